The van der Waals surface area contributed by atoms with Gasteiger partial charge in [0.25, 0.3) is 5.56 Å². The van der Waals surface area contributed by atoms with Gasteiger partial charge in [-0.05, 0) is 55.0 Å². The molecule has 1 amide bonds. The quantitative estimate of drug-likeness (QED) is 0.751. The van der Waals surface area contributed by atoms with Gasteiger partial charge in [-0.3, -0.25) is 9.59 Å². The number of aromatic amines is 1. The molecule has 0 fully saturated rings. The molecule has 0 aliphatic rings. The van der Waals surface area contributed by atoms with Crippen LogP contribution in [0.3, 0.4) is 0 Å². The molecule has 1 aromatic heterocycles. The van der Waals surface area contributed by atoms with E-state index in [9.17, 15) is 9.59 Å². The van der Waals surface area contributed by atoms with Crippen molar-refractivity contribution in [1.29, 1.82) is 0 Å². The summed E-state index contributed by atoms with van der Waals surface area (Å²) in [5.41, 5.74) is 4.86. The summed E-state index contributed by atoms with van der Waals surface area (Å²) in [5.74, 6) is 0.0401. The fourth-order valence-electron chi connectivity index (χ4n) is 2.77. The van der Waals surface area contributed by atoms with Crippen LogP contribution in [0.1, 0.15) is 28.7 Å². The molecule has 0 atom stereocenters. The maximum absolute atomic E-state index is 12.1. The van der Waals surface area contributed by atoms with Crippen LogP contribution < -0.4 is 10.9 Å². The Bertz CT molecular complexity index is 956. The zero-order valence-corrected chi connectivity index (χ0v) is 14.6. The first kappa shape index (κ1) is 17.0. The molecule has 4 nitrogen and oxygen atoms in total. The molecule has 3 rings (SSSR count). The van der Waals surface area contributed by atoms with Crippen LogP contribution in [0.4, 0.5) is 0 Å². The molecular formula is C21H22N2O2. The van der Waals surface area contributed by atoms with E-state index < -0.39 is 0 Å². The molecule has 0 radical (unpaired) electrons. The van der Waals surface area contributed by atoms with Crippen LogP contribution in [0.25, 0.3) is 10.9 Å². The van der Waals surface area contributed by atoms with Gasteiger partial charge in [-0.15, -0.1) is 0 Å². The molecule has 2 N–H and O–H groups in total. The first-order valence-electron chi connectivity index (χ1n) is 8.46. The summed E-state index contributed by atoms with van der Waals surface area (Å²) in [4.78, 5) is 26.5. The highest BCUT2D eigenvalue weighted by Gasteiger charge is 2.05. The van der Waals surface area contributed by atoms with Crippen molar-refractivity contribution >= 4 is 16.8 Å². The van der Waals surface area contributed by atoms with Crippen molar-refractivity contribution in [2.45, 2.75) is 33.2 Å². The first-order chi connectivity index (χ1) is 12.0. The Morgan fingerprint density at radius 1 is 1.00 bits per heavy atom. The monoisotopic (exact) mass is 334 g/mol. The highest BCUT2D eigenvalue weighted by atomic mass is 16.1. The van der Waals surface area contributed by atoms with Gasteiger partial charge >= 0.3 is 0 Å². The van der Waals surface area contributed by atoms with E-state index in [1.165, 1.54) is 5.56 Å². The van der Waals surface area contributed by atoms with E-state index in [1.807, 2.05) is 55.5 Å². The summed E-state index contributed by atoms with van der Waals surface area (Å²) in [6, 6.07) is 15.9. The molecule has 0 saturated carbocycles. The van der Waals surface area contributed by atoms with Crippen molar-refractivity contribution in [3.05, 3.63) is 81.1 Å². The average Bonchev–Trinajstić information content (AvgIpc) is 2.60. The normalized spacial score (nSPS) is 10.8. The second-order valence-electron chi connectivity index (χ2n) is 6.47. The van der Waals surface area contributed by atoms with Gasteiger partial charge in [0, 0.05) is 24.0 Å². The summed E-state index contributed by atoms with van der Waals surface area (Å²) in [7, 11) is 0. The van der Waals surface area contributed by atoms with Crippen LogP contribution in [0, 0.1) is 13.8 Å². The van der Waals surface area contributed by atoms with Crippen LogP contribution in [0.15, 0.2) is 53.3 Å². The summed E-state index contributed by atoms with van der Waals surface area (Å²) in [6.07, 6.45) is 1.12. The zero-order chi connectivity index (χ0) is 17.8. The van der Waals surface area contributed by atoms with E-state index in [4.69, 9.17) is 0 Å². The van der Waals surface area contributed by atoms with Crippen LogP contribution in [0.5, 0.6) is 0 Å². The molecule has 3 aromatic rings. The van der Waals surface area contributed by atoms with E-state index in [0.717, 1.165) is 22.0 Å². The summed E-state index contributed by atoms with van der Waals surface area (Å²) < 4.78 is 0. The predicted octanol–water partition coefficient (Wildman–Crippen LogP) is 3.39. The third kappa shape index (κ3) is 4.35. The van der Waals surface area contributed by atoms with Gasteiger partial charge in [0.05, 0.1) is 0 Å². The van der Waals surface area contributed by atoms with Gasteiger partial charge in [-0.2, -0.15) is 0 Å². The van der Waals surface area contributed by atoms with E-state index in [2.05, 4.69) is 10.3 Å². The SMILES string of the molecule is Cc1ccc(CNC(=O)CCc2ccc3[nH]c(=O)c(C)cc3c2)cc1. The van der Waals surface area contributed by atoms with Gasteiger partial charge in [0.1, 0.15) is 0 Å². The molecule has 4 heteroatoms. The van der Waals surface area contributed by atoms with E-state index >= 15 is 0 Å². The number of benzene rings is 2. The van der Waals surface area contributed by atoms with Crippen molar-refractivity contribution in [3.8, 4) is 0 Å². The lowest BCUT2D eigenvalue weighted by molar-refractivity contribution is -0.121. The van der Waals surface area contributed by atoms with Crippen molar-refractivity contribution in [1.82, 2.24) is 10.3 Å². The van der Waals surface area contributed by atoms with Crippen molar-refractivity contribution < 1.29 is 4.79 Å². The number of hydrogen-bond acceptors (Lipinski definition) is 2. The average molecular weight is 334 g/mol. The number of carbonyl (C=O) groups excluding carboxylic acids is 1. The molecule has 1 heterocycles. The number of pyridine rings is 1. The fourth-order valence-corrected chi connectivity index (χ4v) is 2.77. The Balaban J connectivity index is 1.58. The number of fused-ring (bicyclic) bond motifs is 1. The van der Waals surface area contributed by atoms with Crippen molar-refractivity contribution in [2.24, 2.45) is 0 Å². The zero-order valence-electron chi connectivity index (χ0n) is 14.6. The molecule has 0 saturated heterocycles. The standard InChI is InChI=1S/C21H22N2O2/c1-14-3-5-17(6-4-14)13-22-20(24)10-8-16-7-9-19-18(12-16)11-15(2)21(25)23-19/h3-7,9,11-12H,8,10,13H2,1-2H3,(H,22,24)(H,23,25). The highest BCUT2D eigenvalue weighted by molar-refractivity contribution is 5.80. The Labute approximate surface area is 146 Å². The number of nitrogens with one attached hydrogen (secondary N) is 2. The smallest absolute Gasteiger partial charge is 0.251 e. The van der Waals surface area contributed by atoms with Gasteiger partial charge in [-0.1, -0.05) is 35.9 Å². The van der Waals surface area contributed by atoms with Gasteiger partial charge in [0.15, 0.2) is 0 Å². The second kappa shape index (κ2) is 7.34. The minimum absolute atomic E-state index is 0.0401. The van der Waals surface area contributed by atoms with E-state index in [-0.39, 0.29) is 11.5 Å². The molecule has 2 aromatic carbocycles. The van der Waals surface area contributed by atoms with Gasteiger partial charge in [-0.25, -0.2) is 0 Å². The third-order valence-corrected chi connectivity index (χ3v) is 4.35. The maximum Gasteiger partial charge on any atom is 0.251 e. The number of aryl methyl sites for hydroxylation is 3. The summed E-state index contributed by atoms with van der Waals surface area (Å²) in [6.45, 7) is 4.39. The molecule has 0 bridgehead atoms. The van der Waals surface area contributed by atoms with Crippen LogP contribution >= 0.6 is 0 Å². The number of amides is 1. The number of hydrogen-bond donors (Lipinski definition) is 2. The summed E-state index contributed by atoms with van der Waals surface area (Å²) >= 11 is 0. The molecule has 0 spiro atoms. The topological polar surface area (TPSA) is 62.0 Å². The largest absolute Gasteiger partial charge is 0.352 e. The number of rotatable bonds is 5. The lowest BCUT2D eigenvalue weighted by Gasteiger charge is -2.07. The van der Waals surface area contributed by atoms with Crippen molar-refractivity contribution in [2.75, 3.05) is 0 Å². The lowest BCUT2D eigenvalue weighted by Crippen LogP contribution is -2.22. The minimum Gasteiger partial charge on any atom is -0.352 e. The fraction of sp³-hybridized carbons (Fsp3) is 0.238. The van der Waals surface area contributed by atoms with Crippen LogP contribution in [-0.4, -0.2) is 10.9 Å². The number of H-pyrrole nitrogens is 1. The van der Waals surface area contributed by atoms with Crippen LogP contribution in [-0.2, 0) is 17.8 Å². The van der Waals surface area contributed by atoms with E-state index in [0.29, 0.717) is 24.9 Å². The summed E-state index contributed by atoms with van der Waals surface area (Å²) in [5, 5.41) is 3.95. The maximum atomic E-state index is 12.1. The minimum atomic E-state index is -0.0595. The number of aromatic nitrogens is 1. The lowest BCUT2D eigenvalue weighted by atomic mass is 10.1. The molecule has 0 aliphatic heterocycles. The Morgan fingerprint density at radius 3 is 2.48 bits per heavy atom. The molecule has 0 aliphatic carbocycles. The highest BCUT2D eigenvalue weighted by Crippen LogP contribution is 2.15. The molecule has 0 unspecified atom stereocenters. The molecular weight excluding hydrogens is 312 g/mol. The predicted molar refractivity (Wildman–Crippen MR) is 101 cm³/mol. The van der Waals surface area contributed by atoms with Crippen LogP contribution in [0.2, 0.25) is 0 Å². The Kier molecular flexibility index (Phi) is 4.98. The Hall–Kier alpha value is -2.88. The van der Waals surface area contributed by atoms with Gasteiger partial charge in [0.2, 0.25) is 5.91 Å². The van der Waals surface area contributed by atoms with Gasteiger partial charge < -0.3 is 10.3 Å². The molecule has 128 valence electrons. The van der Waals surface area contributed by atoms with E-state index in [1.54, 1.807) is 6.92 Å². The first-order valence-corrected chi connectivity index (χ1v) is 8.46. The molecule has 25 heavy (non-hydrogen) atoms. The second-order valence-corrected chi connectivity index (χ2v) is 6.47. The van der Waals surface area contributed by atoms with Crippen molar-refractivity contribution in [3.63, 3.8) is 0 Å². The third-order valence-electron chi connectivity index (χ3n) is 4.35. The number of carbonyl (C=O) groups is 1. The Morgan fingerprint density at radius 2 is 1.72 bits per heavy atom.